The van der Waals surface area contributed by atoms with Crippen LogP contribution in [0.25, 0.3) is 0 Å². The molecule has 2 amide bonds. The third-order valence-electron chi connectivity index (χ3n) is 4.10. The third kappa shape index (κ3) is 6.21. The summed E-state index contributed by atoms with van der Waals surface area (Å²) in [6.45, 7) is -0.106. The van der Waals surface area contributed by atoms with Crippen molar-refractivity contribution in [3.63, 3.8) is 0 Å². The Morgan fingerprint density at radius 3 is 2.42 bits per heavy atom. The average Bonchev–Trinajstić information content (AvgIpc) is 2.83. The number of nitrogens with one attached hydrogen (secondary N) is 1. The molecule has 0 spiro atoms. The fraction of sp³-hybridized carbons (Fsp3) is 0.529. The van der Waals surface area contributed by atoms with Crippen molar-refractivity contribution in [3.8, 4) is 5.75 Å². The first-order chi connectivity index (χ1) is 12.3. The van der Waals surface area contributed by atoms with Crippen molar-refractivity contribution in [3.05, 3.63) is 29.8 Å². The highest BCUT2D eigenvalue weighted by Gasteiger charge is 2.31. The van der Waals surface area contributed by atoms with E-state index in [9.17, 15) is 22.8 Å². The van der Waals surface area contributed by atoms with Crippen LogP contribution in [-0.2, 0) is 4.79 Å². The van der Waals surface area contributed by atoms with Crippen LogP contribution in [0.3, 0.4) is 0 Å². The molecule has 144 valence electrons. The number of alkyl halides is 3. The van der Waals surface area contributed by atoms with E-state index in [2.05, 4.69) is 5.32 Å². The molecule has 0 radical (unpaired) electrons. The normalized spacial score (nSPS) is 16.1. The molecule has 0 saturated carbocycles. The molecular weight excluding hydrogens is 351 g/mol. The Balaban J connectivity index is 1.80. The lowest BCUT2D eigenvalue weighted by molar-refractivity contribution is -0.145. The summed E-state index contributed by atoms with van der Waals surface area (Å²) >= 11 is 0. The lowest BCUT2D eigenvalue weighted by atomic mass is 10.2. The molecular formula is C17H22F3N3O3. The molecule has 1 aromatic carbocycles. The number of halogens is 3. The molecule has 6 nitrogen and oxygen atoms in total. The molecule has 0 atom stereocenters. The van der Waals surface area contributed by atoms with Crippen LogP contribution in [0.4, 0.5) is 13.2 Å². The molecule has 26 heavy (non-hydrogen) atoms. The van der Waals surface area contributed by atoms with Gasteiger partial charge >= 0.3 is 6.18 Å². The highest BCUT2D eigenvalue weighted by atomic mass is 19.4. The molecule has 1 saturated heterocycles. The Morgan fingerprint density at radius 2 is 1.81 bits per heavy atom. The van der Waals surface area contributed by atoms with Gasteiger partial charge in [0.2, 0.25) is 5.91 Å². The summed E-state index contributed by atoms with van der Waals surface area (Å²) in [4.78, 5) is 27.1. The quantitative estimate of drug-likeness (QED) is 0.850. The molecule has 1 fully saturated rings. The number of ether oxygens (including phenoxy) is 1. The third-order valence-corrected chi connectivity index (χ3v) is 4.10. The molecule has 1 heterocycles. The van der Waals surface area contributed by atoms with Gasteiger partial charge < -0.3 is 15.0 Å². The van der Waals surface area contributed by atoms with E-state index in [1.165, 1.54) is 16.9 Å². The van der Waals surface area contributed by atoms with Crippen molar-refractivity contribution in [2.75, 3.05) is 46.4 Å². The summed E-state index contributed by atoms with van der Waals surface area (Å²) < 4.78 is 42.4. The van der Waals surface area contributed by atoms with Crippen LogP contribution in [0, 0.1) is 0 Å². The fourth-order valence-corrected chi connectivity index (χ4v) is 2.74. The number of rotatable bonds is 5. The number of methoxy groups -OCH3 is 1. The van der Waals surface area contributed by atoms with Gasteiger partial charge in [0.1, 0.15) is 5.75 Å². The summed E-state index contributed by atoms with van der Waals surface area (Å²) in [6.07, 6.45) is -3.78. The minimum Gasteiger partial charge on any atom is -0.497 e. The van der Waals surface area contributed by atoms with E-state index in [1.807, 2.05) is 0 Å². The molecule has 0 unspecified atom stereocenters. The second-order valence-corrected chi connectivity index (χ2v) is 6.04. The van der Waals surface area contributed by atoms with Crippen molar-refractivity contribution in [1.29, 1.82) is 0 Å². The van der Waals surface area contributed by atoms with Gasteiger partial charge in [0.25, 0.3) is 5.91 Å². The molecule has 0 bridgehead atoms. The fourth-order valence-electron chi connectivity index (χ4n) is 2.74. The minimum atomic E-state index is -4.24. The standard InChI is InChI=1S/C17H22F3N3O3/c1-26-14-5-3-13(4-6-14)16(25)21-11-15(24)23-8-2-7-22(9-10-23)12-17(18,19)20/h3-6H,2,7-12H2,1H3,(H,21,25). The molecule has 1 N–H and O–H groups in total. The van der Waals surface area contributed by atoms with E-state index in [0.29, 0.717) is 30.8 Å². The topological polar surface area (TPSA) is 61.9 Å². The highest BCUT2D eigenvalue weighted by molar-refractivity contribution is 5.96. The predicted molar refractivity (Wildman–Crippen MR) is 89.0 cm³/mol. The predicted octanol–water partition coefficient (Wildman–Crippen LogP) is 1.52. The van der Waals surface area contributed by atoms with Gasteiger partial charge in [-0.2, -0.15) is 13.2 Å². The van der Waals surface area contributed by atoms with Gasteiger partial charge in [0, 0.05) is 31.7 Å². The van der Waals surface area contributed by atoms with E-state index < -0.39 is 18.6 Å². The van der Waals surface area contributed by atoms with Crippen LogP contribution in [0.5, 0.6) is 5.75 Å². The van der Waals surface area contributed by atoms with Crippen LogP contribution in [0.2, 0.25) is 0 Å². The van der Waals surface area contributed by atoms with Crippen LogP contribution in [0.1, 0.15) is 16.8 Å². The van der Waals surface area contributed by atoms with Crippen LogP contribution < -0.4 is 10.1 Å². The van der Waals surface area contributed by atoms with Crippen molar-refractivity contribution in [2.45, 2.75) is 12.6 Å². The monoisotopic (exact) mass is 373 g/mol. The van der Waals surface area contributed by atoms with Gasteiger partial charge in [0.15, 0.2) is 0 Å². The summed E-state index contributed by atoms with van der Waals surface area (Å²) in [5, 5.41) is 2.54. The number of carbonyl (C=O) groups is 2. The summed E-state index contributed by atoms with van der Waals surface area (Å²) in [7, 11) is 1.52. The van der Waals surface area contributed by atoms with Gasteiger partial charge in [0.05, 0.1) is 20.2 Å². The number of nitrogens with zero attached hydrogens (tertiary/aromatic N) is 2. The maximum absolute atomic E-state index is 12.5. The maximum Gasteiger partial charge on any atom is 0.401 e. The first-order valence-electron chi connectivity index (χ1n) is 8.27. The lowest BCUT2D eigenvalue weighted by Crippen LogP contribution is -2.42. The summed E-state index contributed by atoms with van der Waals surface area (Å²) in [5.41, 5.74) is 0.394. The Morgan fingerprint density at radius 1 is 1.12 bits per heavy atom. The number of carbonyl (C=O) groups excluding carboxylic acids is 2. The van der Waals surface area contributed by atoms with E-state index in [0.717, 1.165) is 0 Å². The second kappa shape index (κ2) is 8.88. The van der Waals surface area contributed by atoms with E-state index in [1.54, 1.807) is 24.3 Å². The zero-order valence-corrected chi connectivity index (χ0v) is 14.5. The van der Waals surface area contributed by atoms with E-state index in [-0.39, 0.29) is 25.5 Å². The van der Waals surface area contributed by atoms with Gasteiger partial charge in [-0.15, -0.1) is 0 Å². The van der Waals surface area contributed by atoms with Crippen LogP contribution in [-0.4, -0.2) is 74.2 Å². The van der Waals surface area contributed by atoms with Gasteiger partial charge in [-0.3, -0.25) is 14.5 Å². The number of hydrogen-bond acceptors (Lipinski definition) is 4. The first kappa shape index (κ1) is 20.0. The van der Waals surface area contributed by atoms with Gasteiger partial charge in [-0.05, 0) is 30.7 Å². The lowest BCUT2D eigenvalue weighted by Gasteiger charge is -2.23. The number of hydrogen-bond donors (Lipinski definition) is 1. The first-order valence-corrected chi connectivity index (χ1v) is 8.27. The van der Waals surface area contributed by atoms with Gasteiger partial charge in [-0.1, -0.05) is 0 Å². The number of amides is 2. The Kier molecular flexibility index (Phi) is 6.84. The van der Waals surface area contributed by atoms with E-state index in [4.69, 9.17) is 4.74 Å². The molecule has 0 aliphatic carbocycles. The van der Waals surface area contributed by atoms with Crippen molar-refractivity contribution in [2.24, 2.45) is 0 Å². The molecule has 0 aromatic heterocycles. The van der Waals surface area contributed by atoms with Crippen LogP contribution >= 0.6 is 0 Å². The number of benzene rings is 1. The van der Waals surface area contributed by atoms with Crippen molar-refractivity contribution < 1.29 is 27.5 Å². The zero-order chi connectivity index (χ0) is 19.2. The second-order valence-electron chi connectivity index (χ2n) is 6.04. The minimum absolute atomic E-state index is 0.164. The smallest absolute Gasteiger partial charge is 0.401 e. The Labute approximate surface area is 149 Å². The summed E-state index contributed by atoms with van der Waals surface area (Å²) in [5.74, 6) is -0.0825. The molecule has 1 aliphatic heterocycles. The SMILES string of the molecule is COc1ccc(C(=O)NCC(=O)N2CCCN(CC(F)(F)F)CC2)cc1. The Hall–Kier alpha value is -2.29. The average molecular weight is 373 g/mol. The summed E-state index contributed by atoms with van der Waals surface area (Å²) in [6, 6.07) is 6.45. The maximum atomic E-state index is 12.5. The highest BCUT2D eigenvalue weighted by Crippen LogP contribution is 2.17. The molecule has 1 aliphatic rings. The molecule has 9 heteroatoms. The van der Waals surface area contributed by atoms with E-state index >= 15 is 0 Å². The van der Waals surface area contributed by atoms with Crippen LogP contribution in [0.15, 0.2) is 24.3 Å². The van der Waals surface area contributed by atoms with Crippen molar-refractivity contribution in [1.82, 2.24) is 15.1 Å². The molecule has 2 rings (SSSR count). The molecule has 1 aromatic rings. The largest absolute Gasteiger partial charge is 0.497 e. The Bertz CT molecular complexity index is 620. The zero-order valence-electron chi connectivity index (χ0n) is 14.5. The van der Waals surface area contributed by atoms with Crippen molar-refractivity contribution >= 4 is 11.8 Å². The van der Waals surface area contributed by atoms with Gasteiger partial charge in [-0.25, -0.2) is 0 Å².